The highest BCUT2D eigenvalue weighted by Crippen LogP contribution is 2.27. The molecular formula is C15H15N7. The first kappa shape index (κ1) is 12.8. The van der Waals surface area contributed by atoms with E-state index < -0.39 is 0 Å². The first-order valence-corrected chi connectivity index (χ1v) is 7.10. The molecule has 0 aromatic carbocycles. The molecule has 110 valence electrons. The van der Waals surface area contributed by atoms with Gasteiger partial charge in [-0.3, -0.25) is 4.40 Å². The van der Waals surface area contributed by atoms with Gasteiger partial charge < -0.3 is 10.3 Å². The quantitative estimate of drug-likeness (QED) is 0.606. The zero-order valence-corrected chi connectivity index (χ0v) is 12.3. The third kappa shape index (κ3) is 2.07. The number of fused-ring (bicyclic) bond motifs is 2. The summed E-state index contributed by atoms with van der Waals surface area (Å²) in [6, 6.07) is 0.291. The molecule has 7 nitrogen and oxygen atoms in total. The van der Waals surface area contributed by atoms with Crippen molar-refractivity contribution in [1.82, 2.24) is 29.3 Å². The third-order valence-corrected chi connectivity index (χ3v) is 3.41. The van der Waals surface area contributed by atoms with Crippen LogP contribution in [0.5, 0.6) is 0 Å². The Hall–Kier alpha value is -2.96. The number of anilines is 1. The predicted molar refractivity (Wildman–Crippen MR) is 84.6 cm³/mol. The Kier molecular flexibility index (Phi) is 2.78. The number of rotatable bonds is 3. The smallest absolute Gasteiger partial charge is 0.233 e. The number of hydrogen-bond donors (Lipinski definition) is 2. The summed E-state index contributed by atoms with van der Waals surface area (Å²) in [6.45, 7) is 4.11. The molecule has 0 bridgehead atoms. The van der Waals surface area contributed by atoms with Crippen molar-refractivity contribution < 1.29 is 0 Å². The van der Waals surface area contributed by atoms with Crippen molar-refractivity contribution in [2.24, 2.45) is 0 Å². The van der Waals surface area contributed by atoms with Crippen molar-refractivity contribution in [3.05, 3.63) is 37.2 Å². The third-order valence-electron chi connectivity index (χ3n) is 3.41. The topological polar surface area (TPSA) is 83.8 Å². The minimum atomic E-state index is 0.291. The summed E-state index contributed by atoms with van der Waals surface area (Å²) in [4.78, 5) is 20.6. The van der Waals surface area contributed by atoms with Gasteiger partial charge in [0.25, 0.3) is 0 Å². The van der Waals surface area contributed by atoms with Gasteiger partial charge in [0.2, 0.25) is 11.7 Å². The van der Waals surface area contributed by atoms with E-state index in [1.54, 1.807) is 6.20 Å². The predicted octanol–water partition coefficient (Wildman–Crippen LogP) is 2.49. The van der Waals surface area contributed by atoms with Crippen molar-refractivity contribution in [2.45, 2.75) is 19.9 Å². The summed E-state index contributed by atoms with van der Waals surface area (Å²) >= 11 is 0. The highest BCUT2D eigenvalue weighted by atomic mass is 15.1. The molecule has 0 aliphatic carbocycles. The van der Waals surface area contributed by atoms with Crippen molar-refractivity contribution in [3.63, 3.8) is 0 Å². The first-order chi connectivity index (χ1) is 10.7. The number of nitrogens with zero attached hydrogens (tertiary/aromatic N) is 5. The second kappa shape index (κ2) is 4.80. The van der Waals surface area contributed by atoms with Crippen LogP contribution >= 0.6 is 0 Å². The Morgan fingerprint density at radius 1 is 1.18 bits per heavy atom. The van der Waals surface area contributed by atoms with Crippen LogP contribution in [-0.4, -0.2) is 35.4 Å². The standard InChI is InChI=1S/C15H15N7/c1-9(2)20-14-18-7-12-11(6-17-13(12)21-14)10-5-19-15-16-3-4-22(15)8-10/h3-9H,1-2H3,(H2,17,18,20,21). The SMILES string of the molecule is CC(C)Nc1ncc2c(-c3cnc4nccn4c3)c[nH]c2n1. The van der Waals surface area contributed by atoms with Crippen LogP contribution in [0.3, 0.4) is 0 Å². The van der Waals surface area contributed by atoms with Crippen molar-refractivity contribution in [2.75, 3.05) is 5.32 Å². The van der Waals surface area contributed by atoms with Crippen LogP contribution in [0.1, 0.15) is 13.8 Å². The lowest BCUT2D eigenvalue weighted by molar-refractivity contribution is 0.877. The fraction of sp³-hybridized carbons (Fsp3) is 0.200. The summed E-state index contributed by atoms with van der Waals surface area (Å²) in [7, 11) is 0. The number of nitrogens with one attached hydrogen (secondary N) is 2. The largest absolute Gasteiger partial charge is 0.352 e. The molecule has 0 aliphatic heterocycles. The van der Waals surface area contributed by atoms with Crippen LogP contribution in [0.2, 0.25) is 0 Å². The Bertz CT molecular complexity index is 951. The lowest BCUT2D eigenvalue weighted by Gasteiger charge is -2.07. The van der Waals surface area contributed by atoms with Gasteiger partial charge in [-0.2, -0.15) is 4.98 Å². The number of H-pyrrole nitrogens is 1. The molecule has 0 saturated heterocycles. The van der Waals surface area contributed by atoms with E-state index in [1.807, 2.05) is 35.4 Å². The van der Waals surface area contributed by atoms with Gasteiger partial charge in [-0.1, -0.05) is 0 Å². The molecule has 0 atom stereocenters. The van der Waals surface area contributed by atoms with Crippen LogP contribution in [0.25, 0.3) is 27.9 Å². The lowest BCUT2D eigenvalue weighted by Crippen LogP contribution is -2.12. The van der Waals surface area contributed by atoms with Crippen LogP contribution in [0, 0.1) is 0 Å². The summed E-state index contributed by atoms with van der Waals surface area (Å²) in [6.07, 6.45) is 11.2. The number of imidazole rings is 1. The van der Waals surface area contributed by atoms with Gasteiger partial charge in [-0.05, 0) is 13.8 Å². The molecule has 0 aliphatic rings. The maximum atomic E-state index is 4.50. The Morgan fingerprint density at radius 2 is 2.09 bits per heavy atom. The lowest BCUT2D eigenvalue weighted by atomic mass is 10.1. The molecule has 2 N–H and O–H groups in total. The molecule has 0 fully saturated rings. The summed E-state index contributed by atoms with van der Waals surface area (Å²) in [5.74, 6) is 1.31. The molecule has 4 heterocycles. The van der Waals surface area contributed by atoms with Gasteiger partial charge in [0, 0.05) is 59.7 Å². The fourth-order valence-electron chi connectivity index (χ4n) is 2.43. The van der Waals surface area contributed by atoms with E-state index in [9.17, 15) is 0 Å². The second-order valence-electron chi connectivity index (χ2n) is 5.43. The van der Waals surface area contributed by atoms with Crippen LogP contribution in [0.4, 0.5) is 5.95 Å². The molecular weight excluding hydrogens is 278 g/mol. The van der Waals surface area contributed by atoms with Gasteiger partial charge >= 0.3 is 0 Å². The number of hydrogen-bond acceptors (Lipinski definition) is 5. The Balaban J connectivity index is 1.81. The maximum Gasteiger partial charge on any atom is 0.233 e. The van der Waals surface area contributed by atoms with E-state index in [0.29, 0.717) is 17.8 Å². The molecule has 0 radical (unpaired) electrons. The number of aromatic amines is 1. The van der Waals surface area contributed by atoms with E-state index >= 15 is 0 Å². The minimum absolute atomic E-state index is 0.291. The van der Waals surface area contributed by atoms with Gasteiger partial charge in [0.1, 0.15) is 5.65 Å². The Morgan fingerprint density at radius 3 is 2.95 bits per heavy atom. The van der Waals surface area contributed by atoms with Gasteiger partial charge in [-0.15, -0.1) is 0 Å². The normalized spacial score (nSPS) is 11.6. The highest BCUT2D eigenvalue weighted by Gasteiger charge is 2.10. The van der Waals surface area contributed by atoms with Crippen LogP contribution in [-0.2, 0) is 0 Å². The van der Waals surface area contributed by atoms with Crippen LogP contribution < -0.4 is 5.32 Å². The van der Waals surface area contributed by atoms with Crippen LogP contribution in [0.15, 0.2) is 37.2 Å². The molecule has 0 amide bonds. The molecule has 4 aromatic heterocycles. The molecule has 4 rings (SSSR count). The summed E-state index contributed by atoms with van der Waals surface area (Å²) in [5.41, 5.74) is 2.82. The molecule has 7 heteroatoms. The molecule has 4 aromatic rings. The zero-order valence-electron chi connectivity index (χ0n) is 12.3. The average molecular weight is 293 g/mol. The van der Waals surface area contributed by atoms with Crippen molar-refractivity contribution in [1.29, 1.82) is 0 Å². The maximum absolute atomic E-state index is 4.50. The van der Waals surface area contributed by atoms with E-state index in [-0.39, 0.29) is 0 Å². The monoisotopic (exact) mass is 293 g/mol. The Labute approximate surface area is 126 Å². The van der Waals surface area contributed by atoms with Gasteiger partial charge in [-0.25, -0.2) is 15.0 Å². The number of aromatic nitrogens is 6. The molecule has 0 saturated carbocycles. The average Bonchev–Trinajstić information content (AvgIpc) is 3.11. The summed E-state index contributed by atoms with van der Waals surface area (Å²) < 4.78 is 1.89. The van der Waals surface area contributed by atoms with Gasteiger partial charge in [0.05, 0.1) is 0 Å². The molecule has 22 heavy (non-hydrogen) atoms. The fourth-order valence-corrected chi connectivity index (χ4v) is 2.43. The first-order valence-electron chi connectivity index (χ1n) is 7.10. The highest BCUT2D eigenvalue weighted by molar-refractivity contribution is 5.93. The van der Waals surface area contributed by atoms with E-state index in [2.05, 4.69) is 44.1 Å². The summed E-state index contributed by atoms with van der Waals surface area (Å²) in [5, 5.41) is 4.17. The second-order valence-corrected chi connectivity index (χ2v) is 5.43. The van der Waals surface area contributed by atoms with Gasteiger partial charge in [0.15, 0.2) is 0 Å². The molecule has 0 unspecified atom stereocenters. The van der Waals surface area contributed by atoms with E-state index in [4.69, 9.17) is 0 Å². The van der Waals surface area contributed by atoms with E-state index in [0.717, 1.165) is 22.2 Å². The minimum Gasteiger partial charge on any atom is -0.352 e. The zero-order chi connectivity index (χ0) is 15.1. The van der Waals surface area contributed by atoms with E-state index in [1.165, 1.54) is 0 Å². The van der Waals surface area contributed by atoms with Crippen molar-refractivity contribution >= 4 is 22.8 Å². The molecule has 0 spiro atoms. The van der Waals surface area contributed by atoms with Crippen molar-refractivity contribution in [3.8, 4) is 11.1 Å².